The molecule has 1 rings (SSSR count). The number of nitrogens with one attached hydrogen (secondary N) is 1. The summed E-state index contributed by atoms with van der Waals surface area (Å²) >= 11 is 1.67. The normalized spacial score (nSPS) is 14.3. The zero-order chi connectivity index (χ0) is 14.1. The molecular formula is C14H25N3OS. The first-order valence-corrected chi connectivity index (χ1v) is 7.85. The van der Waals surface area contributed by atoms with Crippen molar-refractivity contribution in [2.24, 2.45) is 0 Å². The Labute approximate surface area is 120 Å². The van der Waals surface area contributed by atoms with Crippen molar-refractivity contribution in [2.45, 2.75) is 50.7 Å². The van der Waals surface area contributed by atoms with E-state index in [1.165, 1.54) is 0 Å². The van der Waals surface area contributed by atoms with E-state index in [-0.39, 0.29) is 12.1 Å². The lowest BCUT2D eigenvalue weighted by molar-refractivity contribution is 0.165. The minimum Gasteiger partial charge on any atom is -0.394 e. The van der Waals surface area contributed by atoms with Gasteiger partial charge >= 0.3 is 0 Å². The van der Waals surface area contributed by atoms with Crippen LogP contribution in [-0.2, 0) is 0 Å². The number of thioether (sulfide) groups is 1. The van der Waals surface area contributed by atoms with Crippen LogP contribution in [0.15, 0.2) is 17.6 Å². The molecule has 0 aliphatic rings. The summed E-state index contributed by atoms with van der Waals surface area (Å²) in [5, 5.41) is 13.7. The van der Waals surface area contributed by atoms with E-state index >= 15 is 0 Å². The van der Waals surface area contributed by atoms with Gasteiger partial charge in [0, 0.05) is 23.7 Å². The molecule has 0 radical (unpaired) electrons. The fraction of sp³-hybridized carbons (Fsp3) is 0.714. The highest BCUT2D eigenvalue weighted by molar-refractivity contribution is 7.99. The lowest BCUT2D eigenvalue weighted by Gasteiger charge is -2.28. The van der Waals surface area contributed by atoms with Crippen LogP contribution in [-0.4, -0.2) is 39.5 Å². The molecule has 0 aliphatic carbocycles. The predicted octanol–water partition coefficient (Wildman–Crippen LogP) is 2.41. The van der Waals surface area contributed by atoms with Crippen molar-refractivity contribution in [2.75, 3.05) is 18.9 Å². The molecule has 4 nitrogen and oxygen atoms in total. The van der Waals surface area contributed by atoms with Gasteiger partial charge in [0.25, 0.3) is 0 Å². The minimum absolute atomic E-state index is 0.162. The highest BCUT2D eigenvalue weighted by Gasteiger charge is 2.21. The van der Waals surface area contributed by atoms with Gasteiger partial charge in [-0.05, 0) is 45.2 Å². The van der Waals surface area contributed by atoms with E-state index in [9.17, 15) is 5.11 Å². The number of aromatic nitrogens is 2. The maximum Gasteiger partial charge on any atom is 0.187 e. The molecule has 0 saturated heterocycles. The Balaban J connectivity index is 2.26. The SMILES string of the molecule is CCCNC(C)(CO)CCCSc1ncc(C)cn1. The monoisotopic (exact) mass is 283 g/mol. The molecule has 1 atom stereocenters. The second kappa shape index (κ2) is 8.51. The van der Waals surface area contributed by atoms with Gasteiger partial charge in [-0.1, -0.05) is 18.7 Å². The van der Waals surface area contributed by atoms with E-state index < -0.39 is 0 Å². The molecule has 2 N–H and O–H groups in total. The highest BCUT2D eigenvalue weighted by Crippen LogP contribution is 2.18. The summed E-state index contributed by atoms with van der Waals surface area (Å²) in [6.45, 7) is 7.33. The van der Waals surface area contributed by atoms with E-state index in [0.29, 0.717) is 0 Å². The van der Waals surface area contributed by atoms with E-state index in [1.54, 1.807) is 11.8 Å². The molecular weight excluding hydrogens is 258 g/mol. The van der Waals surface area contributed by atoms with Gasteiger partial charge in [0.1, 0.15) is 0 Å². The molecule has 0 saturated carbocycles. The molecule has 19 heavy (non-hydrogen) atoms. The summed E-state index contributed by atoms with van der Waals surface area (Å²) < 4.78 is 0. The number of hydrogen-bond acceptors (Lipinski definition) is 5. The average Bonchev–Trinajstić information content (AvgIpc) is 2.43. The molecule has 1 unspecified atom stereocenters. The first-order chi connectivity index (χ1) is 9.09. The summed E-state index contributed by atoms with van der Waals surface area (Å²) in [5.74, 6) is 0.979. The van der Waals surface area contributed by atoms with Crippen LogP contribution >= 0.6 is 11.8 Å². The van der Waals surface area contributed by atoms with Crippen LogP contribution in [0.1, 0.15) is 38.7 Å². The molecule has 1 aromatic rings. The van der Waals surface area contributed by atoms with Crippen molar-refractivity contribution in [1.29, 1.82) is 0 Å². The Hall–Kier alpha value is -0.650. The third-order valence-corrected chi connectivity index (χ3v) is 3.97. The van der Waals surface area contributed by atoms with Crippen molar-refractivity contribution in [3.63, 3.8) is 0 Å². The number of rotatable bonds is 9. The molecule has 108 valence electrons. The van der Waals surface area contributed by atoms with Gasteiger partial charge in [0.15, 0.2) is 5.16 Å². The summed E-state index contributed by atoms with van der Waals surface area (Å²) in [6.07, 6.45) is 6.77. The van der Waals surface area contributed by atoms with Gasteiger partial charge < -0.3 is 10.4 Å². The summed E-state index contributed by atoms with van der Waals surface area (Å²) in [7, 11) is 0. The van der Waals surface area contributed by atoms with Crippen LogP contribution in [0.2, 0.25) is 0 Å². The molecule has 0 bridgehead atoms. The quantitative estimate of drug-likeness (QED) is 0.414. The Morgan fingerprint density at radius 1 is 1.37 bits per heavy atom. The predicted molar refractivity (Wildman–Crippen MR) is 80.5 cm³/mol. The van der Waals surface area contributed by atoms with Crippen LogP contribution in [0.3, 0.4) is 0 Å². The molecule has 0 aromatic carbocycles. The third-order valence-electron chi connectivity index (χ3n) is 3.01. The van der Waals surface area contributed by atoms with Gasteiger partial charge in [-0.15, -0.1) is 0 Å². The maximum atomic E-state index is 9.46. The molecule has 1 aromatic heterocycles. The van der Waals surface area contributed by atoms with Crippen LogP contribution in [0.5, 0.6) is 0 Å². The molecule has 5 heteroatoms. The van der Waals surface area contributed by atoms with Gasteiger partial charge in [-0.25, -0.2) is 9.97 Å². The highest BCUT2D eigenvalue weighted by atomic mass is 32.2. The zero-order valence-corrected chi connectivity index (χ0v) is 13.0. The van der Waals surface area contributed by atoms with E-state index in [0.717, 1.165) is 42.3 Å². The average molecular weight is 283 g/mol. The van der Waals surface area contributed by atoms with Crippen molar-refractivity contribution >= 4 is 11.8 Å². The number of aliphatic hydroxyl groups excluding tert-OH is 1. The number of aryl methyl sites for hydroxylation is 1. The fourth-order valence-electron chi connectivity index (χ4n) is 1.73. The van der Waals surface area contributed by atoms with E-state index in [4.69, 9.17) is 0 Å². The third kappa shape index (κ3) is 6.36. The minimum atomic E-state index is -0.162. The summed E-state index contributed by atoms with van der Waals surface area (Å²) in [6, 6.07) is 0. The second-order valence-corrected chi connectivity index (χ2v) is 6.20. The summed E-state index contributed by atoms with van der Waals surface area (Å²) in [4.78, 5) is 8.54. The topological polar surface area (TPSA) is 58.0 Å². The van der Waals surface area contributed by atoms with Gasteiger partial charge in [-0.3, -0.25) is 0 Å². The molecule has 0 spiro atoms. The van der Waals surface area contributed by atoms with Crippen molar-refractivity contribution in [3.8, 4) is 0 Å². The van der Waals surface area contributed by atoms with Crippen LogP contribution in [0.25, 0.3) is 0 Å². The largest absolute Gasteiger partial charge is 0.394 e. The molecule has 1 heterocycles. The van der Waals surface area contributed by atoms with Crippen LogP contribution < -0.4 is 5.32 Å². The van der Waals surface area contributed by atoms with Crippen molar-refractivity contribution in [1.82, 2.24) is 15.3 Å². The first kappa shape index (κ1) is 16.4. The lowest BCUT2D eigenvalue weighted by atomic mass is 9.97. The van der Waals surface area contributed by atoms with E-state index in [1.807, 2.05) is 19.3 Å². The van der Waals surface area contributed by atoms with Gasteiger partial charge in [0.05, 0.1) is 6.61 Å². The smallest absolute Gasteiger partial charge is 0.187 e. The van der Waals surface area contributed by atoms with Crippen LogP contribution in [0, 0.1) is 6.92 Å². The Morgan fingerprint density at radius 3 is 2.63 bits per heavy atom. The zero-order valence-electron chi connectivity index (χ0n) is 12.1. The van der Waals surface area contributed by atoms with Crippen molar-refractivity contribution in [3.05, 3.63) is 18.0 Å². The lowest BCUT2D eigenvalue weighted by Crippen LogP contribution is -2.46. The summed E-state index contributed by atoms with van der Waals surface area (Å²) in [5.41, 5.74) is 0.922. The molecule has 0 amide bonds. The van der Waals surface area contributed by atoms with E-state index in [2.05, 4.69) is 29.1 Å². The Bertz CT molecular complexity index is 358. The number of nitrogens with zero attached hydrogens (tertiary/aromatic N) is 2. The van der Waals surface area contributed by atoms with Crippen molar-refractivity contribution < 1.29 is 5.11 Å². The Morgan fingerprint density at radius 2 is 2.05 bits per heavy atom. The number of aliphatic hydroxyl groups is 1. The van der Waals surface area contributed by atoms with Gasteiger partial charge in [-0.2, -0.15) is 0 Å². The first-order valence-electron chi connectivity index (χ1n) is 6.87. The standard InChI is InChI=1S/C14H25N3OS/c1-4-7-17-14(3,11-18)6-5-8-19-13-15-9-12(2)10-16-13/h9-10,17-18H,4-8,11H2,1-3H3. The van der Waals surface area contributed by atoms with Gasteiger partial charge in [0.2, 0.25) is 0 Å². The fourth-order valence-corrected chi connectivity index (χ4v) is 2.46. The maximum absolute atomic E-state index is 9.46. The molecule has 0 fully saturated rings. The second-order valence-electron chi connectivity index (χ2n) is 5.14. The Kier molecular flexibility index (Phi) is 7.34. The molecule has 0 aliphatic heterocycles. The number of hydrogen-bond donors (Lipinski definition) is 2. The van der Waals surface area contributed by atoms with Crippen LogP contribution in [0.4, 0.5) is 0 Å².